The molecule has 1 aliphatic rings. The normalized spacial score (nSPS) is 16.9. The van der Waals surface area contributed by atoms with Gasteiger partial charge in [-0.25, -0.2) is 22.8 Å². The Hall–Kier alpha value is -2.63. The Bertz CT molecular complexity index is 786. The number of rotatable bonds is 4. The smallest absolute Gasteiger partial charge is 0.412 e. The molecule has 1 aromatic rings. The number of nitrogens with zero attached hydrogens (tertiary/aromatic N) is 1. The molecule has 0 spiro atoms. The first-order chi connectivity index (χ1) is 13.9. The molecule has 1 heterocycles. The van der Waals surface area contributed by atoms with Crippen molar-refractivity contribution in [2.45, 2.75) is 45.4 Å². The molecule has 1 N–H and O–H groups in total. The molecule has 0 aliphatic carbocycles. The molecule has 30 heavy (non-hydrogen) atoms. The van der Waals surface area contributed by atoms with Crippen LogP contribution >= 0.6 is 0 Å². The van der Waals surface area contributed by atoms with Crippen LogP contribution in [0, 0.1) is 29.1 Å². The third kappa shape index (κ3) is 5.71. The van der Waals surface area contributed by atoms with Gasteiger partial charge in [-0.3, -0.25) is 4.90 Å². The minimum Gasteiger partial charge on any atom is -0.444 e. The zero-order valence-electron chi connectivity index (χ0n) is 16.5. The first-order valence-corrected chi connectivity index (χ1v) is 9.00. The number of ether oxygens (including phenoxy) is 3. The van der Waals surface area contributed by atoms with Crippen molar-refractivity contribution in [2.75, 3.05) is 19.7 Å². The third-order valence-electron chi connectivity index (χ3n) is 3.85. The summed E-state index contributed by atoms with van der Waals surface area (Å²) in [5, 5.41) is 2.10. The van der Waals surface area contributed by atoms with Crippen LogP contribution in [0.15, 0.2) is 0 Å². The van der Waals surface area contributed by atoms with Crippen molar-refractivity contribution in [1.82, 2.24) is 10.2 Å². The molecule has 0 saturated carbocycles. The second-order valence-corrected chi connectivity index (χ2v) is 7.36. The maximum Gasteiger partial charge on any atom is 0.412 e. The number of carbonyl (C=O) groups is 2. The largest absolute Gasteiger partial charge is 0.444 e. The maximum atomic E-state index is 13.5. The van der Waals surface area contributed by atoms with Gasteiger partial charge < -0.3 is 19.5 Å². The summed E-state index contributed by atoms with van der Waals surface area (Å²) < 4.78 is 81.4. The zero-order valence-corrected chi connectivity index (χ0v) is 16.5. The van der Waals surface area contributed by atoms with Crippen LogP contribution in [0.2, 0.25) is 0 Å². The molecule has 0 radical (unpaired) electrons. The minimum atomic E-state index is -2.37. The van der Waals surface area contributed by atoms with Crippen LogP contribution < -0.4 is 10.1 Å². The lowest BCUT2D eigenvalue weighted by Gasteiger charge is -2.36. The predicted octanol–water partition coefficient (Wildman–Crippen LogP) is 3.84. The summed E-state index contributed by atoms with van der Waals surface area (Å²) in [6.45, 7) is 5.62. The van der Waals surface area contributed by atoms with E-state index in [4.69, 9.17) is 9.47 Å². The van der Waals surface area contributed by atoms with Crippen molar-refractivity contribution in [3.8, 4) is 5.75 Å². The van der Waals surface area contributed by atoms with Crippen LogP contribution in [0.4, 0.5) is 31.5 Å². The van der Waals surface area contributed by atoms with Gasteiger partial charge in [0.25, 0.3) is 0 Å². The number of carbonyl (C=O) groups excluding carboxylic acids is 2. The summed E-state index contributed by atoms with van der Waals surface area (Å²) >= 11 is 0. The van der Waals surface area contributed by atoms with Crippen molar-refractivity contribution < 1.29 is 45.8 Å². The molecular weight excluding hydrogens is 419 g/mol. The summed E-state index contributed by atoms with van der Waals surface area (Å²) in [4.78, 5) is 25.3. The molecule has 1 unspecified atom stereocenters. The third-order valence-corrected chi connectivity index (χ3v) is 3.85. The predicted molar refractivity (Wildman–Crippen MR) is 92.2 cm³/mol. The molecule has 1 aliphatic heterocycles. The molecule has 1 aromatic carbocycles. The van der Waals surface area contributed by atoms with Crippen LogP contribution in [0.3, 0.4) is 0 Å². The summed E-state index contributed by atoms with van der Waals surface area (Å²) in [6.07, 6.45) is -2.17. The molecule has 168 valence electrons. The van der Waals surface area contributed by atoms with Gasteiger partial charge in [0, 0.05) is 19.5 Å². The Balaban J connectivity index is 1.94. The van der Waals surface area contributed by atoms with E-state index in [9.17, 15) is 31.5 Å². The van der Waals surface area contributed by atoms with E-state index < -0.39 is 58.9 Å². The second kappa shape index (κ2) is 9.45. The van der Waals surface area contributed by atoms with Gasteiger partial charge in [0.15, 0.2) is 0 Å². The highest BCUT2D eigenvalue weighted by molar-refractivity contribution is 5.70. The van der Waals surface area contributed by atoms with Gasteiger partial charge in [0.05, 0.1) is 6.61 Å². The molecule has 1 atom stereocenters. The van der Waals surface area contributed by atoms with E-state index in [-0.39, 0.29) is 13.0 Å². The second-order valence-electron chi connectivity index (χ2n) is 7.36. The van der Waals surface area contributed by atoms with Gasteiger partial charge in [0.2, 0.25) is 34.8 Å². The fourth-order valence-electron chi connectivity index (χ4n) is 2.56. The van der Waals surface area contributed by atoms with Crippen molar-refractivity contribution in [3.05, 3.63) is 29.1 Å². The molecule has 0 aromatic heterocycles. The SMILES string of the molecule is CC(C)(C)OC(=O)N1CCCOC1CCNC(=O)Oc1c(F)c(F)c(F)c(F)c1F. The standard InChI is InChI=1S/C18H21F5N2O5/c1-18(2,3)30-17(27)25-7-4-8-28-9(25)5-6-24-16(26)29-15-13(22)11(20)10(19)12(21)14(15)23/h9H,4-8H2,1-3H3,(H,24,26). The Morgan fingerprint density at radius 1 is 1.07 bits per heavy atom. The number of amides is 2. The molecule has 2 amide bonds. The van der Waals surface area contributed by atoms with E-state index in [2.05, 4.69) is 10.1 Å². The summed E-state index contributed by atoms with van der Waals surface area (Å²) in [7, 11) is 0. The Morgan fingerprint density at radius 3 is 2.20 bits per heavy atom. The van der Waals surface area contributed by atoms with Crippen molar-refractivity contribution in [2.24, 2.45) is 0 Å². The molecule has 1 fully saturated rings. The molecule has 2 rings (SSSR count). The van der Waals surface area contributed by atoms with Gasteiger partial charge in [0.1, 0.15) is 11.8 Å². The maximum absolute atomic E-state index is 13.5. The molecular formula is C18H21F5N2O5. The number of benzene rings is 1. The number of hydrogen-bond acceptors (Lipinski definition) is 5. The average Bonchev–Trinajstić information content (AvgIpc) is 2.67. The molecule has 1 saturated heterocycles. The quantitative estimate of drug-likeness (QED) is 0.437. The van der Waals surface area contributed by atoms with Gasteiger partial charge in [-0.15, -0.1) is 0 Å². The summed E-state index contributed by atoms with van der Waals surface area (Å²) in [5.41, 5.74) is -0.727. The Kier molecular flexibility index (Phi) is 7.45. The summed E-state index contributed by atoms with van der Waals surface area (Å²) in [6, 6.07) is 0. The van der Waals surface area contributed by atoms with Crippen LogP contribution in [0.1, 0.15) is 33.6 Å². The first kappa shape index (κ1) is 23.6. The van der Waals surface area contributed by atoms with Crippen molar-refractivity contribution in [3.63, 3.8) is 0 Å². The van der Waals surface area contributed by atoms with E-state index in [0.717, 1.165) is 0 Å². The van der Waals surface area contributed by atoms with Gasteiger partial charge in [-0.2, -0.15) is 8.78 Å². The fourth-order valence-corrected chi connectivity index (χ4v) is 2.56. The van der Waals surface area contributed by atoms with Crippen LogP contribution in [-0.2, 0) is 9.47 Å². The van der Waals surface area contributed by atoms with Crippen molar-refractivity contribution >= 4 is 12.2 Å². The number of nitrogens with one attached hydrogen (secondary N) is 1. The van der Waals surface area contributed by atoms with Crippen LogP contribution in [0.25, 0.3) is 0 Å². The van der Waals surface area contributed by atoms with Gasteiger partial charge in [-0.05, 0) is 27.2 Å². The van der Waals surface area contributed by atoms with Gasteiger partial charge >= 0.3 is 12.2 Å². The fraction of sp³-hybridized carbons (Fsp3) is 0.556. The lowest BCUT2D eigenvalue weighted by atomic mass is 10.2. The van der Waals surface area contributed by atoms with E-state index >= 15 is 0 Å². The van der Waals surface area contributed by atoms with E-state index in [0.29, 0.717) is 19.6 Å². The molecule has 0 bridgehead atoms. The minimum absolute atomic E-state index is 0.0610. The van der Waals surface area contributed by atoms with E-state index in [1.54, 1.807) is 20.8 Å². The molecule has 7 nitrogen and oxygen atoms in total. The first-order valence-electron chi connectivity index (χ1n) is 9.00. The average molecular weight is 440 g/mol. The van der Waals surface area contributed by atoms with E-state index in [1.165, 1.54) is 4.90 Å². The summed E-state index contributed by atoms with van der Waals surface area (Å²) in [5.74, 6) is -13.1. The Morgan fingerprint density at radius 2 is 1.63 bits per heavy atom. The number of halogens is 5. The highest BCUT2D eigenvalue weighted by Gasteiger charge is 2.32. The number of hydrogen-bond donors (Lipinski definition) is 1. The topological polar surface area (TPSA) is 77.1 Å². The monoisotopic (exact) mass is 440 g/mol. The lowest BCUT2D eigenvalue weighted by Crippen LogP contribution is -2.49. The zero-order chi connectivity index (χ0) is 22.6. The van der Waals surface area contributed by atoms with Crippen molar-refractivity contribution in [1.29, 1.82) is 0 Å². The van der Waals surface area contributed by atoms with Crippen LogP contribution in [-0.4, -0.2) is 48.6 Å². The Labute approximate surface area is 169 Å². The highest BCUT2D eigenvalue weighted by atomic mass is 19.2. The lowest BCUT2D eigenvalue weighted by molar-refractivity contribution is -0.0977. The molecule has 12 heteroatoms. The van der Waals surface area contributed by atoms with E-state index in [1.807, 2.05) is 0 Å². The van der Waals surface area contributed by atoms with Crippen LogP contribution in [0.5, 0.6) is 5.75 Å². The van der Waals surface area contributed by atoms with Gasteiger partial charge in [-0.1, -0.05) is 0 Å². The highest BCUT2D eigenvalue weighted by Crippen LogP contribution is 2.29.